The van der Waals surface area contributed by atoms with Gasteiger partial charge in [-0.3, -0.25) is 0 Å². The molecule has 0 atom stereocenters. The number of nitrogens with zero attached hydrogens (tertiary/aromatic N) is 10. The summed E-state index contributed by atoms with van der Waals surface area (Å²) in [7, 11) is 8.85. The topological polar surface area (TPSA) is 192 Å². The van der Waals surface area contributed by atoms with E-state index in [2.05, 4.69) is 166 Å². The number of hydrogen-bond donors (Lipinski definition) is 8. The van der Waals surface area contributed by atoms with Gasteiger partial charge in [0, 0.05) is 163 Å². The Morgan fingerprint density at radius 3 is 1.14 bits per heavy atom. The number of anilines is 8. The highest BCUT2D eigenvalue weighted by Crippen LogP contribution is 2.32. The third kappa shape index (κ3) is 23.2. The summed E-state index contributed by atoms with van der Waals surface area (Å²) in [5.74, 6) is 0. The molecule has 2 saturated heterocycles. The van der Waals surface area contributed by atoms with Crippen LogP contribution in [0.1, 0.15) is 77.6 Å². The van der Waals surface area contributed by atoms with Gasteiger partial charge in [-0.15, -0.1) is 0 Å². The van der Waals surface area contributed by atoms with Crippen LogP contribution < -0.4 is 72.9 Å². The molecule has 91 heavy (non-hydrogen) atoms. The number of morpholine rings is 1. The largest absolute Gasteiger partial charge is 0.399 e. The number of likely N-dealkylation sites (tertiary alicyclic amines) is 1. The van der Waals surface area contributed by atoms with E-state index in [0.717, 1.165) is 203 Å². The molecular weight excluding hydrogens is 1130 g/mol. The van der Waals surface area contributed by atoms with Crippen LogP contribution in [0.3, 0.4) is 0 Å². The number of aryl methyl sites for hydroxylation is 3. The van der Waals surface area contributed by atoms with Crippen molar-refractivity contribution in [3.63, 3.8) is 0 Å². The number of likely N-dealkylation sites (N-methyl/N-ethyl adjacent to an activating group) is 1. The molecule has 2 aromatic heterocycles. The van der Waals surface area contributed by atoms with Gasteiger partial charge < -0.3 is 77.5 Å². The SMILES string of the molecule is C.C.C.C.C[N+]1(CCCNCCN2CCc3ccc(N)cc32)CCCC1.C[N+]1(CCNCCN2CCc3ccc(N)cc32)CCOCC1.C[n+]1ccn(CCCNCCN2CCc3ccc(N)cc32)c1.C[n+]1ccn(CCNCCN2CCc3ccc(N)cc32)c1. The van der Waals surface area contributed by atoms with Gasteiger partial charge in [0.05, 0.1) is 74.1 Å². The molecule has 506 valence electrons. The van der Waals surface area contributed by atoms with Crippen molar-refractivity contribution in [1.82, 2.24) is 30.4 Å². The Morgan fingerprint density at radius 1 is 0.418 bits per heavy atom. The van der Waals surface area contributed by atoms with Gasteiger partial charge in [-0.05, 0) is 109 Å². The number of imidazole rings is 2. The van der Waals surface area contributed by atoms with Crippen molar-refractivity contribution in [3.8, 4) is 0 Å². The van der Waals surface area contributed by atoms with Crippen LogP contribution in [0.25, 0.3) is 0 Å². The normalized spacial score (nSPS) is 16.0. The fourth-order valence-corrected chi connectivity index (χ4v) is 13.3. The zero-order chi connectivity index (χ0) is 60.9. The quantitative estimate of drug-likeness (QED) is 0.0126. The Kier molecular flexibility index (Phi) is 31.2. The van der Waals surface area contributed by atoms with Crippen LogP contribution in [0, 0.1) is 0 Å². The van der Waals surface area contributed by atoms with E-state index >= 15 is 0 Å². The van der Waals surface area contributed by atoms with Crippen molar-refractivity contribution in [2.45, 2.75) is 94.2 Å². The van der Waals surface area contributed by atoms with Crippen molar-refractivity contribution in [3.05, 3.63) is 132 Å². The lowest BCUT2D eigenvalue weighted by molar-refractivity contribution is -0.915. The number of rotatable bonds is 26. The highest BCUT2D eigenvalue weighted by atomic mass is 16.5. The van der Waals surface area contributed by atoms with Gasteiger partial charge in [-0.25, -0.2) is 18.3 Å². The molecule has 12 N–H and O–H groups in total. The molecule has 0 radical (unpaired) electrons. The molecule has 0 spiro atoms. The van der Waals surface area contributed by atoms with E-state index < -0.39 is 0 Å². The number of hydrogen-bond acceptors (Lipinski definition) is 13. The molecule has 19 heteroatoms. The average molecular weight is 1260 g/mol. The van der Waals surface area contributed by atoms with Crippen LogP contribution in [-0.4, -0.2) is 189 Å². The third-order valence-corrected chi connectivity index (χ3v) is 18.7. The van der Waals surface area contributed by atoms with E-state index in [1.54, 1.807) is 0 Å². The first-order chi connectivity index (χ1) is 42.3. The Labute approximate surface area is 550 Å². The molecule has 6 aliphatic heterocycles. The van der Waals surface area contributed by atoms with E-state index in [4.69, 9.17) is 27.7 Å². The smallest absolute Gasteiger partial charge is 0.243 e. The van der Waals surface area contributed by atoms with Crippen LogP contribution in [0.2, 0.25) is 0 Å². The first-order valence-corrected chi connectivity index (χ1v) is 32.9. The molecule has 0 bridgehead atoms. The lowest BCUT2D eigenvalue weighted by Gasteiger charge is -2.37. The maximum atomic E-state index is 5.92. The van der Waals surface area contributed by atoms with Crippen LogP contribution in [-0.2, 0) is 57.6 Å². The van der Waals surface area contributed by atoms with E-state index in [9.17, 15) is 0 Å². The minimum absolute atomic E-state index is 0. The van der Waals surface area contributed by atoms with Crippen molar-refractivity contribution < 1.29 is 22.8 Å². The van der Waals surface area contributed by atoms with Crippen LogP contribution in [0.5, 0.6) is 0 Å². The van der Waals surface area contributed by atoms with E-state index in [1.165, 1.54) is 94.9 Å². The van der Waals surface area contributed by atoms with Gasteiger partial charge in [0.1, 0.15) is 44.4 Å². The number of aromatic nitrogens is 4. The summed E-state index contributed by atoms with van der Waals surface area (Å²) in [4.78, 5) is 9.77. The minimum Gasteiger partial charge on any atom is -0.399 e. The van der Waals surface area contributed by atoms with Crippen molar-refractivity contribution in [2.75, 3.05) is 214 Å². The highest BCUT2D eigenvalue weighted by Gasteiger charge is 2.27. The summed E-state index contributed by atoms with van der Waals surface area (Å²) >= 11 is 0. The third-order valence-electron chi connectivity index (χ3n) is 18.7. The molecule has 19 nitrogen and oxygen atoms in total. The summed E-state index contributed by atoms with van der Waals surface area (Å²) in [6.45, 7) is 28.5. The summed E-state index contributed by atoms with van der Waals surface area (Å²) in [5, 5.41) is 14.3. The molecule has 0 amide bonds. The van der Waals surface area contributed by atoms with E-state index in [1.807, 2.05) is 31.3 Å². The number of quaternary nitrogens is 2. The van der Waals surface area contributed by atoms with Gasteiger partial charge in [-0.2, -0.15) is 0 Å². The van der Waals surface area contributed by atoms with Gasteiger partial charge >= 0.3 is 0 Å². The minimum atomic E-state index is 0. The lowest BCUT2D eigenvalue weighted by atomic mass is 10.1. The van der Waals surface area contributed by atoms with Gasteiger partial charge in [0.15, 0.2) is 0 Å². The molecule has 2 fully saturated rings. The molecule has 0 aliphatic carbocycles. The second-order valence-corrected chi connectivity index (χ2v) is 25.7. The van der Waals surface area contributed by atoms with Crippen LogP contribution in [0.15, 0.2) is 110 Å². The maximum absolute atomic E-state index is 5.92. The van der Waals surface area contributed by atoms with Gasteiger partial charge in [0.25, 0.3) is 0 Å². The zero-order valence-electron chi connectivity index (χ0n) is 53.6. The monoisotopic (exact) mass is 1260 g/mol. The lowest BCUT2D eigenvalue weighted by Crippen LogP contribution is -2.54. The molecule has 8 heterocycles. The Hall–Kier alpha value is -6.58. The van der Waals surface area contributed by atoms with E-state index in [0.29, 0.717) is 0 Å². The molecular formula is C72H126N18O+4. The number of benzene rings is 4. The Bertz CT molecular complexity index is 3020. The second-order valence-electron chi connectivity index (χ2n) is 25.7. The van der Waals surface area contributed by atoms with Crippen molar-refractivity contribution in [2.24, 2.45) is 14.1 Å². The molecule has 0 saturated carbocycles. The molecule has 6 aliphatic rings. The standard InChI is InChI=1S/C18H31N4.C17H26N5.C17H29N4O.C16H24N5.4CH4/c1-22(12-2-3-13-22)14-4-8-20-9-11-21-10-7-16-5-6-17(19)15-18(16)21;1-20-11-12-21(14-20)8-2-6-19-7-10-22-9-5-15-3-4-16(18)13-17(15)22;1-21(10-12-22-13-11-21)9-6-19-5-8-20-7-4-15-2-3-16(18)14-17(15)20;1-19-10-11-20(13-19)8-5-18-6-9-21-7-4-14-2-3-15(17)12-16(14)21;;;;/h5-6,15,20H,2-4,7-14,19H2,1H3;3-4,11-14,19H,2,5-10,18H2,1H3;2-3,14,19H,4-13,18H2,1H3;2-3,10-13,18H,4-9,17H2,1H3;4*1H4/q4*+1;;;;. The van der Waals surface area contributed by atoms with Crippen LogP contribution >= 0.6 is 0 Å². The number of ether oxygens (including phenoxy) is 1. The van der Waals surface area contributed by atoms with Crippen molar-refractivity contribution >= 4 is 45.5 Å². The number of nitrogens with two attached hydrogens (primary N) is 4. The van der Waals surface area contributed by atoms with Crippen molar-refractivity contribution in [1.29, 1.82) is 0 Å². The van der Waals surface area contributed by atoms with Crippen LogP contribution in [0.4, 0.5) is 45.5 Å². The summed E-state index contributed by atoms with van der Waals surface area (Å²) < 4.78 is 16.4. The number of fused-ring (bicyclic) bond motifs is 4. The maximum Gasteiger partial charge on any atom is 0.243 e. The highest BCUT2D eigenvalue weighted by molar-refractivity contribution is 5.67. The summed E-state index contributed by atoms with van der Waals surface area (Å²) in [6.07, 6.45) is 22.4. The average Bonchev–Trinajstić information content (AvgIpc) is 1.90. The number of nitrogens with one attached hydrogen (secondary N) is 4. The fraction of sp³-hybridized carbons (Fsp3) is 0.583. The molecule has 6 aromatic rings. The second kappa shape index (κ2) is 37.8. The van der Waals surface area contributed by atoms with Gasteiger partial charge in [-0.1, -0.05) is 54.0 Å². The zero-order valence-corrected chi connectivity index (χ0v) is 53.6. The fourth-order valence-electron chi connectivity index (χ4n) is 13.3. The molecule has 0 unspecified atom stereocenters. The molecule has 12 rings (SSSR count). The predicted octanol–water partition coefficient (Wildman–Crippen LogP) is 6.58. The first-order valence-electron chi connectivity index (χ1n) is 32.9. The first kappa shape index (κ1) is 75.1. The van der Waals surface area contributed by atoms with Gasteiger partial charge in [0.2, 0.25) is 12.7 Å². The Balaban J connectivity index is 0.000000217. The summed E-state index contributed by atoms with van der Waals surface area (Å²) in [5.41, 5.74) is 38.1. The molecule has 4 aromatic carbocycles. The number of nitrogen functional groups attached to an aromatic ring is 4. The van der Waals surface area contributed by atoms with E-state index in [-0.39, 0.29) is 29.7 Å². The Morgan fingerprint density at radius 2 is 0.758 bits per heavy atom. The predicted molar refractivity (Wildman–Crippen MR) is 388 cm³/mol. The summed E-state index contributed by atoms with van der Waals surface area (Å²) in [6, 6.07) is 25.1.